The normalized spacial score (nSPS) is 15.6. The van der Waals surface area contributed by atoms with E-state index in [1.54, 1.807) is 38.5 Å². The van der Waals surface area contributed by atoms with Gasteiger partial charge in [0.15, 0.2) is 0 Å². The Bertz CT molecular complexity index is 1170. The van der Waals surface area contributed by atoms with Crippen molar-refractivity contribution >= 4 is 34.4 Å². The fourth-order valence-corrected chi connectivity index (χ4v) is 3.88. The van der Waals surface area contributed by atoms with E-state index < -0.39 is 12.1 Å². The molecule has 0 aliphatic carbocycles. The first-order chi connectivity index (χ1) is 16.0. The molecule has 1 aliphatic heterocycles. The highest BCUT2D eigenvalue weighted by Gasteiger charge is 2.37. The number of fused-ring (bicyclic) bond motifs is 1. The molecule has 4 rings (SSSR count). The molecule has 0 bridgehead atoms. The molecule has 9 nitrogen and oxygen atoms in total. The molecule has 4 amide bonds. The lowest BCUT2D eigenvalue weighted by Crippen LogP contribution is -2.33. The highest BCUT2D eigenvalue weighted by molar-refractivity contribution is 6.04. The van der Waals surface area contributed by atoms with Crippen LogP contribution in [0.3, 0.4) is 0 Å². The van der Waals surface area contributed by atoms with Crippen molar-refractivity contribution in [2.75, 3.05) is 26.1 Å². The Labute approximate surface area is 191 Å². The number of benzene rings is 2. The third-order valence-electron chi connectivity index (χ3n) is 5.72. The highest BCUT2D eigenvalue weighted by Crippen LogP contribution is 2.24. The Hall–Kier alpha value is -4.01. The van der Waals surface area contributed by atoms with E-state index in [2.05, 4.69) is 15.6 Å². The summed E-state index contributed by atoms with van der Waals surface area (Å²) in [6.07, 6.45) is 2.73. The molecule has 33 heavy (non-hydrogen) atoms. The van der Waals surface area contributed by atoms with Crippen LogP contribution in [0.15, 0.2) is 48.7 Å². The first-order valence-corrected chi connectivity index (χ1v) is 10.7. The van der Waals surface area contributed by atoms with E-state index in [4.69, 9.17) is 9.47 Å². The van der Waals surface area contributed by atoms with Crippen LogP contribution in [0.25, 0.3) is 10.9 Å². The van der Waals surface area contributed by atoms with Crippen LogP contribution in [0, 0.1) is 0 Å². The zero-order valence-electron chi connectivity index (χ0n) is 18.5. The second kappa shape index (κ2) is 9.64. The number of hydrogen-bond donors (Lipinski definition) is 3. The fourth-order valence-electron chi connectivity index (χ4n) is 3.88. The molecule has 1 aliphatic rings. The van der Waals surface area contributed by atoms with Gasteiger partial charge in [-0.05, 0) is 60.9 Å². The van der Waals surface area contributed by atoms with Crippen molar-refractivity contribution in [3.8, 4) is 11.5 Å². The molecule has 3 aromatic rings. The molecule has 2 heterocycles. The molecule has 1 aromatic heterocycles. The maximum Gasteiger partial charge on any atom is 0.324 e. The summed E-state index contributed by atoms with van der Waals surface area (Å²) in [5.74, 6) is 0.897. The lowest BCUT2D eigenvalue weighted by molar-refractivity contribution is -0.127. The van der Waals surface area contributed by atoms with Crippen molar-refractivity contribution in [2.45, 2.75) is 25.3 Å². The van der Waals surface area contributed by atoms with Gasteiger partial charge >= 0.3 is 6.03 Å². The number of anilines is 1. The molecular formula is C24H26N4O5. The zero-order valence-corrected chi connectivity index (χ0v) is 18.5. The van der Waals surface area contributed by atoms with Gasteiger partial charge in [0.05, 0.1) is 14.2 Å². The average molecular weight is 450 g/mol. The number of hydrogen-bond acceptors (Lipinski definition) is 5. The summed E-state index contributed by atoms with van der Waals surface area (Å²) in [6, 6.07) is 11.6. The number of carbonyl (C=O) groups is 3. The number of imide groups is 1. The number of amides is 4. The Morgan fingerprint density at radius 2 is 1.79 bits per heavy atom. The summed E-state index contributed by atoms with van der Waals surface area (Å²) in [4.78, 5) is 41.8. The highest BCUT2D eigenvalue weighted by atomic mass is 16.5. The van der Waals surface area contributed by atoms with Crippen LogP contribution < -0.4 is 20.1 Å². The number of ether oxygens (including phenoxy) is 2. The first kappa shape index (κ1) is 22.2. The second-order valence-corrected chi connectivity index (χ2v) is 7.78. The standard InChI is InChI=1S/C24H26N4O5/c1-32-17-5-3-16(4-6-17)26-22(29)10-9-21-23(30)28(24(31)27-21)12-11-15-14-25-20-8-7-18(33-2)13-19(15)20/h3-8,13-14,21,25H,9-12H2,1-2H3,(H,26,29)(H,27,31)/t21-/m0/s1. The van der Waals surface area contributed by atoms with E-state index in [9.17, 15) is 14.4 Å². The maximum absolute atomic E-state index is 12.8. The maximum atomic E-state index is 12.8. The molecule has 0 radical (unpaired) electrons. The smallest absolute Gasteiger partial charge is 0.324 e. The summed E-state index contributed by atoms with van der Waals surface area (Å²) in [7, 11) is 3.18. The van der Waals surface area contributed by atoms with Crippen LogP contribution in [-0.2, 0) is 16.0 Å². The summed E-state index contributed by atoms with van der Waals surface area (Å²) < 4.78 is 10.4. The summed E-state index contributed by atoms with van der Waals surface area (Å²) in [5.41, 5.74) is 2.59. The minimum Gasteiger partial charge on any atom is -0.497 e. The minimum atomic E-state index is -0.706. The van der Waals surface area contributed by atoms with Gasteiger partial charge in [-0.1, -0.05) is 0 Å². The van der Waals surface area contributed by atoms with E-state index in [0.29, 0.717) is 17.9 Å². The van der Waals surface area contributed by atoms with Gasteiger partial charge in [0, 0.05) is 35.8 Å². The fraction of sp³-hybridized carbons (Fsp3) is 0.292. The number of methoxy groups -OCH3 is 2. The largest absolute Gasteiger partial charge is 0.497 e. The van der Waals surface area contributed by atoms with Gasteiger partial charge in [-0.2, -0.15) is 0 Å². The zero-order chi connectivity index (χ0) is 23.4. The minimum absolute atomic E-state index is 0.110. The van der Waals surface area contributed by atoms with Crippen molar-refractivity contribution in [3.63, 3.8) is 0 Å². The average Bonchev–Trinajstić information content (AvgIpc) is 3.35. The summed E-state index contributed by atoms with van der Waals surface area (Å²) in [5, 5.41) is 6.46. The van der Waals surface area contributed by atoms with E-state index in [1.165, 1.54) is 4.90 Å². The summed E-state index contributed by atoms with van der Waals surface area (Å²) >= 11 is 0. The van der Waals surface area contributed by atoms with Gasteiger partial charge in [-0.25, -0.2) is 4.79 Å². The Kier molecular flexibility index (Phi) is 6.48. The van der Waals surface area contributed by atoms with Crippen molar-refractivity contribution in [1.82, 2.24) is 15.2 Å². The molecule has 2 aromatic carbocycles. The number of carbonyl (C=O) groups excluding carboxylic acids is 3. The van der Waals surface area contributed by atoms with E-state index in [0.717, 1.165) is 22.2 Å². The lowest BCUT2D eigenvalue weighted by atomic mass is 10.1. The van der Waals surface area contributed by atoms with Crippen molar-refractivity contribution in [1.29, 1.82) is 0 Å². The monoisotopic (exact) mass is 450 g/mol. The van der Waals surface area contributed by atoms with E-state index in [-0.39, 0.29) is 31.2 Å². The van der Waals surface area contributed by atoms with Crippen LogP contribution in [0.2, 0.25) is 0 Å². The third-order valence-corrected chi connectivity index (χ3v) is 5.72. The lowest BCUT2D eigenvalue weighted by Gasteiger charge is -2.13. The first-order valence-electron chi connectivity index (χ1n) is 10.7. The predicted molar refractivity (Wildman–Crippen MR) is 123 cm³/mol. The molecular weight excluding hydrogens is 424 g/mol. The number of nitrogens with zero attached hydrogens (tertiary/aromatic N) is 1. The number of nitrogens with one attached hydrogen (secondary N) is 3. The van der Waals surface area contributed by atoms with Crippen LogP contribution in [-0.4, -0.2) is 54.5 Å². The molecule has 172 valence electrons. The second-order valence-electron chi connectivity index (χ2n) is 7.78. The number of rotatable bonds is 9. The third kappa shape index (κ3) is 4.92. The Morgan fingerprint density at radius 3 is 2.52 bits per heavy atom. The van der Waals surface area contributed by atoms with Crippen molar-refractivity contribution in [3.05, 3.63) is 54.2 Å². The quantitative estimate of drug-likeness (QED) is 0.434. The molecule has 1 atom stereocenters. The van der Waals surface area contributed by atoms with Gasteiger partial charge in [0.25, 0.3) is 5.91 Å². The Balaban J connectivity index is 1.30. The van der Waals surface area contributed by atoms with E-state index in [1.807, 2.05) is 24.4 Å². The molecule has 3 N–H and O–H groups in total. The van der Waals surface area contributed by atoms with Gasteiger partial charge in [-0.15, -0.1) is 0 Å². The SMILES string of the molecule is COc1ccc(NC(=O)CC[C@@H]2NC(=O)N(CCc3c[nH]c4ccc(OC)cc34)C2=O)cc1. The van der Waals surface area contributed by atoms with E-state index >= 15 is 0 Å². The van der Waals surface area contributed by atoms with Gasteiger partial charge in [-0.3, -0.25) is 14.5 Å². The number of urea groups is 1. The summed E-state index contributed by atoms with van der Waals surface area (Å²) in [6.45, 7) is 0.253. The molecule has 9 heteroatoms. The predicted octanol–water partition coefficient (Wildman–Crippen LogP) is 3.07. The molecule has 0 spiro atoms. The van der Waals surface area contributed by atoms with Crippen LogP contribution in [0.4, 0.5) is 10.5 Å². The number of aromatic amines is 1. The van der Waals surface area contributed by atoms with Gasteiger partial charge in [0.1, 0.15) is 17.5 Å². The van der Waals surface area contributed by atoms with Crippen LogP contribution >= 0.6 is 0 Å². The van der Waals surface area contributed by atoms with Gasteiger partial charge in [0.2, 0.25) is 5.91 Å². The van der Waals surface area contributed by atoms with Crippen molar-refractivity contribution < 1.29 is 23.9 Å². The molecule has 0 unspecified atom stereocenters. The van der Waals surface area contributed by atoms with Crippen molar-refractivity contribution in [2.24, 2.45) is 0 Å². The molecule has 0 saturated carbocycles. The van der Waals surface area contributed by atoms with Gasteiger partial charge < -0.3 is 25.1 Å². The molecule has 1 saturated heterocycles. The topological polar surface area (TPSA) is 113 Å². The molecule has 1 fully saturated rings. The Morgan fingerprint density at radius 1 is 1.06 bits per heavy atom. The number of H-pyrrole nitrogens is 1. The van der Waals surface area contributed by atoms with Crippen LogP contribution in [0.1, 0.15) is 18.4 Å². The van der Waals surface area contributed by atoms with Crippen LogP contribution in [0.5, 0.6) is 11.5 Å². The number of aromatic nitrogens is 1.